The summed E-state index contributed by atoms with van der Waals surface area (Å²) in [5, 5.41) is 9.16. The Hall–Kier alpha value is -1.75. The number of carboxylic acids is 1. The average molecular weight is 239 g/mol. The second-order valence-electron chi connectivity index (χ2n) is 3.64. The normalized spacial score (nSPS) is 12.0. The van der Waals surface area contributed by atoms with Gasteiger partial charge in [0.05, 0.1) is 20.1 Å². The summed E-state index contributed by atoms with van der Waals surface area (Å²) in [6.45, 7) is 1.81. The first-order valence-corrected chi connectivity index (χ1v) is 5.21. The molecule has 0 radical (unpaired) electrons. The molecule has 0 saturated heterocycles. The lowest BCUT2D eigenvalue weighted by Gasteiger charge is -2.19. The van der Waals surface area contributed by atoms with Crippen molar-refractivity contribution in [3.05, 3.63) is 23.3 Å². The Labute approximate surface area is 100 Å². The van der Waals surface area contributed by atoms with Gasteiger partial charge in [0.2, 0.25) is 0 Å². The molecule has 1 unspecified atom stereocenters. The molecule has 0 aromatic heterocycles. The fourth-order valence-corrected chi connectivity index (χ4v) is 1.86. The van der Waals surface area contributed by atoms with E-state index in [4.69, 9.17) is 20.3 Å². The number of benzene rings is 1. The van der Waals surface area contributed by atoms with Crippen LogP contribution in [0.3, 0.4) is 0 Å². The van der Waals surface area contributed by atoms with Gasteiger partial charge in [0.25, 0.3) is 0 Å². The molecule has 0 bridgehead atoms. The molecule has 0 saturated carbocycles. The second-order valence-corrected chi connectivity index (χ2v) is 3.64. The quantitative estimate of drug-likeness (QED) is 0.805. The number of carbonyl (C=O) groups is 1. The lowest BCUT2D eigenvalue weighted by atomic mass is 9.93. The van der Waals surface area contributed by atoms with Gasteiger partial charge in [0, 0.05) is 12.1 Å². The fraction of sp³-hybridized carbons (Fsp3) is 0.417. The largest absolute Gasteiger partial charge is 0.496 e. The number of nitrogens with two attached hydrogens (primary N) is 1. The molecular formula is C12H17NO4. The highest BCUT2D eigenvalue weighted by molar-refractivity contribution is 5.78. The van der Waals surface area contributed by atoms with E-state index < -0.39 is 11.9 Å². The Kier molecular flexibility index (Phi) is 4.34. The molecule has 1 aromatic carbocycles. The van der Waals surface area contributed by atoms with Crippen LogP contribution >= 0.6 is 0 Å². The van der Waals surface area contributed by atoms with Gasteiger partial charge in [-0.25, -0.2) is 0 Å². The highest BCUT2D eigenvalue weighted by Crippen LogP contribution is 2.35. The summed E-state index contributed by atoms with van der Waals surface area (Å²) in [5.74, 6) is -0.621. The molecule has 1 aromatic rings. The zero-order valence-corrected chi connectivity index (χ0v) is 10.2. The highest BCUT2D eigenvalue weighted by atomic mass is 16.5. The molecule has 5 heteroatoms. The minimum atomic E-state index is -0.970. The van der Waals surface area contributed by atoms with Crippen LogP contribution in [-0.4, -0.2) is 31.8 Å². The minimum Gasteiger partial charge on any atom is -0.496 e. The number of ether oxygens (including phenoxy) is 2. The van der Waals surface area contributed by atoms with Gasteiger partial charge in [-0.3, -0.25) is 4.79 Å². The van der Waals surface area contributed by atoms with Gasteiger partial charge in [-0.2, -0.15) is 0 Å². The third kappa shape index (κ3) is 2.50. The van der Waals surface area contributed by atoms with E-state index in [2.05, 4.69) is 0 Å². The molecule has 17 heavy (non-hydrogen) atoms. The second kappa shape index (κ2) is 5.54. The molecule has 0 heterocycles. The molecule has 5 nitrogen and oxygen atoms in total. The Bertz CT molecular complexity index is 417. The van der Waals surface area contributed by atoms with Gasteiger partial charge in [-0.05, 0) is 24.6 Å². The zero-order chi connectivity index (χ0) is 13.0. The first-order valence-electron chi connectivity index (χ1n) is 5.21. The smallest absolute Gasteiger partial charge is 0.312 e. The van der Waals surface area contributed by atoms with Crippen molar-refractivity contribution in [1.29, 1.82) is 0 Å². The van der Waals surface area contributed by atoms with Gasteiger partial charge >= 0.3 is 5.97 Å². The molecule has 94 valence electrons. The third-order valence-corrected chi connectivity index (χ3v) is 2.75. The van der Waals surface area contributed by atoms with Gasteiger partial charge < -0.3 is 20.3 Å². The Morgan fingerprint density at radius 1 is 1.35 bits per heavy atom. The molecule has 0 aliphatic carbocycles. The monoisotopic (exact) mass is 239 g/mol. The van der Waals surface area contributed by atoms with Gasteiger partial charge in [-0.15, -0.1) is 0 Å². The van der Waals surface area contributed by atoms with E-state index in [1.54, 1.807) is 19.1 Å². The molecule has 0 amide bonds. The van der Waals surface area contributed by atoms with Crippen LogP contribution in [0.2, 0.25) is 0 Å². The Morgan fingerprint density at radius 2 is 1.88 bits per heavy atom. The summed E-state index contributed by atoms with van der Waals surface area (Å²) in [7, 11) is 3.04. The van der Waals surface area contributed by atoms with Crippen molar-refractivity contribution < 1.29 is 19.4 Å². The van der Waals surface area contributed by atoms with Gasteiger partial charge in [0.15, 0.2) is 0 Å². The summed E-state index contributed by atoms with van der Waals surface area (Å²) >= 11 is 0. The predicted octanol–water partition coefficient (Wildman–Crippen LogP) is 1.14. The molecule has 3 N–H and O–H groups in total. The summed E-state index contributed by atoms with van der Waals surface area (Å²) < 4.78 is 10.4. The maximum atomic E-state index is 11.2. The lowest BCUT2D eigenvalue weighted by Crippen LogP contribution is -2.22. The van der Waals surface area contributed by atoms with Crippen molar-refractivity contribution in [2.24, 2.45) is 5.73 Å². The van der Waals surface area contributed by atoms with Crippen LogP contribution in [0.25, 0.3) is 0 Å². The van der Waals surface area contributed by atoms with Crippen LogP contribution in [0.15, 0.2) is 12.1 Å². The van der Waals surface area contributed by atoms with Crippen LogP contribution in [-0.2, 0) is 4.79 Å². The predicted molar refractivity (Wildman–Crippen MR) is 63.7 cm³/mol. The van der Waals surface area contributed by atoms with E-state index in [9.17, 15) is 4.79 Å². The van der Waals surface area contributed by atoms with E-state index >= 15 is 0 Å². The molecule has 0 fully saturated rings. The molecule has 1 atom stereocenters. The van der Waals surface area contributed by atoms with Crippen molar-refractivity contribution in [3.63, 3.8) is 0 Å². The third-order valence-electron chi connectivity index (χ3n) is 2.75. The summed E-state index contributed by atoms with van der Waals surface area (Å²) in [6.07, 6.45) is 0. The van der Waals surface area contributed by atoms with Crippen LogP contribution < -0.4 is 15.2 Å². The number of carboxylic acid groups (broad SMARTS) is 1. The summed E-state index contributed by atoms with van der Waals surface area (Å²) in [5.41, 5.74) is 6.82. The number of aliphatic carboxylic acids is 1. The van der Waals surface area contributed by atoms with Crippen molar-refractivity contribution in [2.45, 2.75) is 12.8 Å². The highest BCUT2D eigenvalue weighted by Gasteiger charge is 2.25. The zero-order valence-electron chi connectivity index (χ0n) is 10.2. The van der Waals surface area contributed by atoms with E-state index in [1.807, 2.05) is 0 Å². The lowest BCUT2D eigenvalue weighted by molar-refractivity contribution is -0.138. The molecule has 0 aliphatic rings. The van der Waals surface area contributed by atoms with E-state index in [1.165, 1.54) is 14.2 Å². The fourth-order valence-electron chi connectivity index (χ4n) is 1.86. The van der Waals surface area contributed by atoms with Crippen molar-refractivity contribution in [3.8, 4) is 11.5 Å². The Balaban J connectivity index is 3.40. The molecule has 1 rings (SSSR count). The van der Waals surface area contributed by atoms with Crippen molar-refractivity contribution >= 4 is 5.97 Å². The average Bonchev–Trinajstić information content (AvgIpc) is 2.31. The number of rotatable bonds is 5. The topological polar surface area (TPSA) is 81.8 Å². The first-order chi connectivity index (χ1) is 8.06. The van der Waals surface area contributed by atoms with Gasteiger partial charge in [0.1, 0.15) is 11.5 Å². The molecular weight excluding hydrogens is 222 g/mol. The van der Waals surface area contributed by atoms with Crippen LogP contribution in [0.4, 0.5) is 0 Å². The van der Waals surface area contributed by atoms with E-state index in [0.717, 1.165) is 5.56 Å². The van der Waals surface area contributed by atoms with Crippen molar-refractivity contribution in [2.75, 3.05) is 20.8 Å². The number of hydrogen-bond donors (Lipinski definition) is 2. The molecule has 0 spiro atoms. The maximum absolute atomic E-state index is 11.2. The number of hydrogen-bond acceptors (Lipinski definition) is 4. The minimum absolute atomic E-state index is 0.0136. The van der Waals surface area contributed by atoms with Gasteiger partial charge in [-0.1, -0.05) is 0 Å². The summed E-state index contributed by atoms with van der Waals surface area (Å²) in [4.78, 5) is 11.2. The van der Waals surface area contributed by atoms with Crippen LogP contribution in [0, 0.1) is 6.92 Å². The number of methoxy groups -OCH3 is 2. The van der Waals surface area contributed by atoms with E-state index in [-0.39, 0.29) is 6.54 Å². The summed E-state index contributed by atoms with van der Waals surface area (Å²) in [6, 6.07) is 3.43. The SMILES string of the molecule is COc1ccc(OC)c(C(CN)C(=O)O)c1C. The standard InChI is InChI=1S/C12H17NO4/c1-7-9(16-2)4-5-10(17-3)11(7)8(6-13)12(14)15/h4-5,8H,6,13H2,1-3H3,(H,14,15). The first kappa shape index (κ1) is 13.3. The maximum Gasteiger partial charge on any atom is 0.312 e. The Morgan fingerprint density at radius 3 is 2.29 bits per heavy atom. The van der Waals surface area contributed by atoms with Crippen LogP contribution in [0.1, 0.15) is 17.0 Å². The van der Waals surface area contributed by atoms with E-state index in [0.29, 0.717) is 17.1 Å². The van der Waals surface area contributed by atoms with Crippen molar-refractivity contribution in [1.82, 2.24) is 0 Å². The van der Waals surface area contributed by atoms with Crippen LogP contribution in [0.5, 0.6) is 11.5 Å². The molecule has 0 aliphatic heterocycles.